The van der Waals surface area contributed by atoms with Gasteiger partial charge in [-0.3, -0.25) is 0 Å². The van der Waals surface area contributed by atoms with Gasteiger partial charge in [0.25, 0.3) is 0 Å². The first-order chi connectivity index (χ1) is 8.79. The van der Waals surface area contributed by atoms with Crippen molar-refractivity contribution >= 4 is 5.69 Å². The number of hydrogen-bond acceptors (Lipinski definition) is 3. The van der Waals surface area contributed by atoms with Gasteiger partial charge in [0.15, 0.2) is 0 Å². The number of nitrogens with two attached hydrogens (primary N) is 1. The van der Waals surface area contributed by atoms with Gasteiger partial charge in [-0.25, -0.2) is 4.98 Å². The number of nitrogen functional groups attached to an aromatic ring is 1. The summed E-state index contributed by atoms with van der Waals surface area (Å²) in [4.78, 5) is 4.45. The van der Waals surface area contributed by atoms with Crippen LogP contribution in [0.1, 0.15) is 29.8 Å². The summed E-state index contributed by atoms with van der Waals surface area (Å²) in [6.07, 6.45) is 6.29. The number of nitriles is 1. The Labute approximate surface area is 106 Å². The van der Waals surface area contributed by atoms with Crippen molar-refractivity contribution in [3.05, 3.63) is 41.5 Å². The van der Waals surface area contributed by atoms with Crippen molar-refractivity contribution in [3.63, 3.8) is 0 Å². The predicted molar refractivity (Wildman–Crippen MR) is 69.3 cm³/mol. The highest BCUT2D eigenvalue weighted by Gasteiger charge is 2.17. The van der Waals surface area contributed by atoms with E-state index in [1.165, 1.54) is 24.2 Å². The number of anilines is 1. The smallest absolute Gasteiger partial charge is 0.101 e. The fourth-order valence-electron chi connectivity index (χ4n) is 2.53. The van der Waals surface area contributed by atoms with Crippen LogP contribution < -0.4 is 5.73 Å². The summed E-state index contributed by atoms with van der Waals surface area (Å²) in [6, 6.07) is 7.63. The summed E-state index contributed by atoms with van der Waals surface area (Å²) >= 11 is 0. The van der Waals surface area contributed by atoms with E-state index in [2.05, 4.69) is 11.1 Å². The third kappa shape index (κ3) is 1.65. The Morgan fingerprint density at radius 2 is 2.11 bits per heavy atom. The van der Waals surface area contributed by atoms with E-state index in [9.17, 15) is 5.26 Å². The van der Waals surface area contributed by atoms with Crippen molar-refractivity contribution in [2.75, 3.05) is 5.73 Å². The van der Waals surface area contributed by atoms with Crippen molar-refractivity contribution in [1.29, 1.82) is 5.26 Å². The van der Waals surface area contributed by atoms with Crippen LogP contribution in [-0.4, -0.2) is 9.55 Å². The van der Waals surface area contributed by atoms with Gasteiger partial charge >= 0.3 is 0 Å². The van der Waals surface area contributed by atoms with Crippen molar-refractivity contribution in [1.82, 2.24) is 9.55 Å². The lowest BCUT2D eigenvalue weighted by molar-refractivity contribution is 0.656. The van der Waals surface area contributed by atoms with E-state index in [0.29, 0.717) is 11.3 Å². The fourth-order valence-corrected chi connectivity index (χ4v) is 2.53. The van der Waals surface area contributed by atoms with Crippen LogP contribution in [0.2, 0.25) is 0 Å². The number of nitrogens with zero attached hydrogens (tertiary/aromatic N) is 3. The molecular weight excluding hydrogens is 224 g/mol. The van der Waals surface area contributed by atoms with Gasteiger partial charge in [0.2, 0.25) is 0 Å². The second kappa shape index (κ2) is 4.19. The third-order valence-corrected chi connectivity index (χ3v) is 3.43. The molecule has 0 unspecified atom stereocenters. The van der Waals surface area contributed by atoms with Gasteiger partial charge in [-0.05, 0) is 43.9 Å². The van der Waals surface area contributed by atoms with Crippen molar-refractivity contribution in [3.8, 4) is 11.8 Å². The molecule has 90 valence electrons. The molecule has 1 aromatic heterocycles. The third-order valence-electron chi connectivity index (χ3n) is 3.43. The van der Waals surface area contributed by atoms with E-state index in [4.69, 9.17) is 5.73 Å². The van der Waals surface area contributed by atoms with E-state index in [0.717, 1.165) is 18.5 Å². The minimum absolute atomic E-state index is 0.598. The maximum absolute atomic E-state index is 9.21. The van der Waals surface area contributed by atoms with Crippen LogP contribution in [0, 0.1) is 11.3 Å². The fraction of sp³-hybridized carbons (Fsp3) is 0.286. The van der Waals surface area contributed by atoms with Gasteiger partial charge in [0, 0.05) is 11.4 Å². The normalized spacial score (nSPS) is 13.9. The van der Waals surface area contributed by atoms with E-state index in [1.807, 2.05) is 23.0 Å². The van der Waals surface area contributed by atoms with Gasteiger partial charge in [-0.2, -0.15) is 5.26 Å². The van der Waals surface area contributed by atoms with Crippen LogP contribution in [0.3, 0.4) is 0 Å². The number of aromatic nitrogens is 2. The molecule has 1 aromatic carbocycles. The Bertz CT molecular complexity index is 634. The molecule has 4 nitrogen and oxygen atoms in total. The molecule has 1 aliphatic carbocycles. The number of benzene rings is 1. The summed E-state index contributed by atoms with van der Waals surface area (Å²) in [5, 5.41) is 9.21. The summed E-state index contributed by atoms with van der Waals surface area (Å²) in [5.41, 5.74) is 10.2. The minimum Gasteiger partial charge on any atom is -0.399 e. The molecule has 0 radical (unpaired) electrons. The second-order valence-electron chi connectivity index (χ2n) is 4.60. The topological polar surface area (TPSA) is 67.6 Å². The molecule has 0 saturated carbocycles. The van der Waals surface area contributed by atoms with Crippen LogP contribution >= 0.6 is 0 Å². The van der Waals surface area contributed by atoms with Crippen LogP contribution in [0.15, 0.2) is 24.5 Å². The molecule has 3 rings (SSSR count). The van der Waals surface area contributed by atoms with E-state index >= 15 is 0 Å². The molecule has 1 heterocycles. The van der Waals surface area contributed by atoms with Gasteiger partial charge < -0.3 is 10.3 Å². The van der Waals surface area contributed by atoms with E-state index < -0.39 is 0 Å². The van der Waals surface area contributed by atoms with Crippen molar-refractivity contribution in [2.24, 2.45) is 0 Å². The summed E-state index contributed by atoms with van der Waals surface area (Å²) in [7, 11) is 0. The SMILES string of the molecule is N#Cc1cc(N)ccc1-n1cnc2c1CCCC2. The van der Waals surface area contributed by atoms with Crippen LogP contribution in [0.5, 0.6) is 0 Å². The van der Waals surface area contributed by atoms with E-state index in [-0.39, 0.29) is 0 Å². The molecule has 0 bridgehead atoms. The molecule has 0 saturated heterocycles. The molecule has 0 spiro atoms. The molecule has 0 aliphatic heterocycles. The Morgan fingerprint density at radius 3 is 2.94 bits per heavy atom. The number of aryl methyl sites for hydroxylation is 1. The summed E-state index contributed by atoms with van der Waals surface area (Å²) in [6.45, 7) is 0. The highest BCUT2D eigenvalue weighted by Crippen LogP contribution is 2.25. The zero-order valence-electron chi connectivity index (χ0n) is 10.1. The standard InChI is InChI=1S/C14H14N4/c15-8-10-7-11(16)5-6-13(10)18-9-17-12-3-1-2-4-14(12)18/h5-7,9H,1-4,16H2. The zero-order chi connectivity index (χ0) is 12.5. The quantitative estimate of drug-likeness (QED) is 0.774. The molecular formula is C14H14N4. The molecule has 0 fully saturated rings. The average molecular weight is 238 g/mol. The van der Waals surface area contributed by atoms with Gasteiger partial charge in [-0.15, -0.1) is 0 Å². The summed E-state index contributed by atoms with van der Waals surface area (Å²) in [5.74, 6) is 0. The van der Waals surface area contributed by atoms with Gasteiger partial charge in [0.05, 0.1) is 23.3 Å². The predicted octanol–water partition coefficient (Wildman–Crippen LogP) is 2.20. The van der Waals surface area contributed by atoms with Crippen LogP contribution in [0.4, 0.5) is 5.69 Å². The number of fused-ring (bicyclic) bond motifs is 1. The Balaban J connectivity index is 2.16. The van der Waals surface area contributed by atoms with Gasteiger partial charge in [0.1, 0.15) is 6.07 Å². The van der Waals surface area contributed by atoms with Crippen molar-refractivity contribution < 1.29 is 0 Å². The lowest BCUT2D eigenvalue weighted by atomic mass is 10.0. The molecule has 18 heavy (non-hydrogen) atoms. The molecule has 4 heteroatoms. The highest BCUT2D eigenvalue weighted by atomic mass is 15.1. The molecule has 1 aliphatic rings. The van der Waals surface area contributed by atoms with Crippen LogP contribution in [-0.2, 0) is 12.8 Å². The maximum atomic E-state index is 9.21. The Hall–Kier alpha value is -2.28. The molecule has 0 amide bonds. The monoisotopic (exact) mass is 238 g/mol. The number of hydrogen-bond donors (Lipinski definition) is 1. The van der Waals surface area contributed by atoms with Crippen molar-refractivity contribution in [2.45, 2.75) is 25.7 Å². The summed E-state index contributed by atoms with van der Waals surface area (Å²) < 4.78 is 2.03. The maximum Gasteiger partial charge on any atom is 0.101 e. The minimum atomic E-state index is 0.598. The van der Waals surface area contributed by atoms with Crippen LogP contribution in [0.25, 0.3) is 5.69 Å². The zero-order valence-corrected chi connectivity index (χ0v) is 10.1. The number of rotatable bonds is 1. The first-order valence-corrected chi connectivity index (χ1v) is 6.14. The molecule has 2 N–H and O–H groups in total. The average Bonchev–Trinajstić information content (AvgIpc) is 2.82. The Kier molecular flexibility index (Phi) is 2.52. The second-order valence-corrected chi connectivity index (χ2v) is 4.60. The Morgan fingerprint density at radius 1 is 1.28 bits per heavy atom. The van der Waals surface area contributed by atoms with E-state index in [1.54, 1.807) is 6.07 Å². The first kappa shape index (κ1) is 10.8. The molecule has 2 aromatic rings. The lowest BCUT2D eigenvalue weighted by Crippen LogP contribution is -2.08. The van der Waals surface area contributed by atoms with Gasteiger partial charge in [-0.1, -0.05) is 0 Å². The number of imidazole rings is 1. The first-order valence-electron chi connectivity index (χ1n) is 6.14. The molecule has 0 atom stereocenters. The largest absolute Gasteiger partial charge is 0.399 e. The lowest BCUT2D eigenvalue weighted by Gasteiger charge is -2.15. The highest BCUT2D eigenvalue weighted by molar-refractivity contribution is 5.57.